The maximum Gasteiger partial charge on any atom is 0.299 e. The van der Waals surface area contributed by atoms with Crippen molar-refractivity contribution in [2.24, 2.45) is 0 Å². The van der Waals surface area contributed by atoms with Gasteiger partial charge in [0.2, 0.25) is 0 Å². The van der Waals surface area contributed by atoms with Gasteiger partial charge in [-0.25, -0.2) is 4.98 Å². The fraction of sp³-hybridized carbons (Fsp3) is 0.444. The van der Waals surface area contributed by atoms with Gasteiger partial charge in [-0.2, -0.15) is 13.1 Å². The Bertz CT molecular complexity index is 468. The van der Waals surface area contributed by atoms with Crippen LogP contribution in [0.3, 0.4) is 0 Å². The minimum absolute atomic E-state index is 0.232. The topological polar surface area (TPSA) is 71.1 Å². The van der Waals surface area contributed by atoms with Gasteiger partial charge in [-0.3, -0.25) is 4.72 Å². The van der Waals surface area contributed by atoms with Gasteiger partial charge in [-0.1, -0.05) is 11.6 Å². The lowest BCUT2D eigenvalue weighted by Gasteiger charge is -2.20. The van der Waals surface area contributed by atoms with Crippen LogP contribution in [0.15, 0.2) is 18.3 Å². The lowest BCUT2D eigenvalue weighted by molar-refractivity contribution is 0.494. The number of hydrogen-bond acceptors (Lipinski definition) is 3. The maximum absolute atomic E-state index is 11.6. The molecule has 0 amide bonds. The van der Waals surface area contributed by atoms with Crippen molar-refractivity contribution in [2.75, 3.05) is 4.72 Å². The molecule has 1 heterocycles. The first-order chi connectivity index (χ1) is 7.18. The Labute approximate surface area is 100 Å². The predicted octanol–water partition coefficient (Wildman–Crippen LogP) is 1.78. The Morgan fingerprint density at radius 2 is 2.00 bits per heavy atom. The first kappa shape index (κ1) is 13.2. The minimum atomic E-state index is -3.60. The molecule has 5 nitrogen and oxygen atoms in total. The molecular weight excluding hydrogens is 250 g/mol. The van der Waals surface area contributed by atoms with Crippen LogP contribution in [0.2, 0.25) is 5.15 Å². The normalized spacial score (nSPS) is 12.5. The summed E-state index contributed by atoms with van der Waals surface area (Å²) in [7, 11) is -3.60. The molecule has 0 unspecified atom stereocenters. The van der Waals surface area contributed by atoms with Gasteiger partial charge in [0.25, 0.3) is 10.2 Å². The van der Waals surface area contributed by atoms with E-state index in [2.05, 4.69) is 14.4 Å². The van der Waals surface area contributed by atoms with E-state index in [0.717, 1.165) is 0 Å². The summed E-state index contributed by atoms with van der Waals surface area (Å²) in [5, 5.41) is 0.232. The lowest BCUT2D eigenvalue weighted by Crippen LogP contribution is -2.43. The largest absolute Gasteiger partial charge is 0.299 e. The average Bonchev–Trinajstić information content (AvgIpc) is 1.96. The smallest absolute Gasteiger partial charge is 0.271 e. The van der Waals surface area contributed by atoms with Gasteiger partial charge in [0, 0.05) is 11.7 Å². The minimum Gasteiger partial charge on any atom is -0.271 e. The van der Waals surface area contributed by atoms with Crippen LogP contribution in [0.1, 0.15) is 20.8 Å². The van der Waals surface area contributed by atoms with Crippen LogP contribution < -0.4 is 9.44 Å². The van der Waals surface area contributed by atoms with Crippen molar-refractivity contribution in [1.82, 2.24) is 9.71 Å². The lowest BCUT2D eigenvalue weighted by atomic mass is 10.1. The molecule has 0 radical (unpaired) electrons. The summed E-state index contributed by atoms with van der Waals surface area (Å²) in [6, 6.07) is 2.96. The van der Waals surface area contributed by atoms with Gasteiger partial charge in [-0.15, -0.1) is 0 Å². The first-order valence-corrected chi connectivity index (χ1v) is 6.47. The predicted molar refractivity (Wildman–Crippen MR) is 64.7 cm³/mol. The van der Waals surface area contributed by atoms with Crippen LogP contribution >= 0.6 is 11.6 Å². The zero-order valence-corrected chi connectivity index (χ0v) is 10.9. The van der Waals surface area contributed by atoms with Crippen LogP contribution in [0, 0.1) is 0 Å². The second kappa shape index (κ2) is 4.57. The summed E-state index contributed by atoms with van der Waals surface area (Å²) in [6.45, 7) is 5.27. The van der Waals surface area contributed by atoms with E-state index in [9.17, 15) is 8.42 Å². The second-order valence-electron chi connectivity index (χ2n) is 4.32. The van der Waals surface area contributed by atoms with E-state index in [0.29, 0.717) is 5.69 Å². The fourth-order valence-electron chi connectivity index (χ4n) is 1.05. The zero-order chi connectivity index (χ0) is 12.4. The molecule has 16 heavy (non-hydrogen) atoms. The molecule has 0 fully saturated rings. The van der Waals surface area contributed by atoms with E-state index in [1.54, 1.807) is 20.8 Å². The van der Waals surface area contributed by atoms with Crippen LogP contribution in [0.5, 0.6) is 0 Å². The summed E-state index contributed by atoms with van der Waals surface area (Å²) in [5.74, 6) is 0. The number of rotatable bonds is 3. The van der Waals surface area contributed by atoms with Crippen molar-refractivity contribution in [2.45, 2.75) is 26.3 Å². The summed E-state index contributed by atoms with van der Waals surface area (Å²) in [5.41, 5.74) is -0.167. The highest BCUT2D eigenvalue weighted by Crippen LogP contribution is 2.13. The third-order valence-electron chi connectivity index (χ3n) is 1.42. The van der Waals surface area contributed by atoms with Crippen molar-refractivity contribution in [1.29, 1.82) is 0 Å². The third kappa shape index (κ3) is 4.78. The SMILES string of the molecule is CC(C)(C)NS(=O)(=O)Nc1ccnc(Cl)c1. The molecule has 0 atom stereocenters. The monoisotopic (exact) mass is 263 g/mol. The van der Waals surface area contributed by atoms with Gasteiger partial charge < -0.3 is 0 Å². The molecule has 0 saturated carbocycles. The molecule has 1 rings (SSSR count). The highest BCUT2D eigenvalue weighted by molar-refractivity contribution is 7.90. The molecule has 0 bridgehead atoms. The van der Waals surface area contributed by atoms with Crippen LogP contribution in [0.25, 0.3) is 0 Å². The summed E-state index contributed by atoms with van der Waals surface area (Å²) in [4.78, 5) is 3.75. The van der Waals surface area contributed by atoms with E-state index in [1.165, 1.54) is 18.3 Å². The molecule has 90 valence electrons. The van der Waals surface area contributed by atoms with Crippen LogP contribution in [0.4, 0.5) is 5.69 Å². The summed E-state index contributed by atoms with van der Waals surface area (Å²) >= 11 is 5.64. The first-order valence-electron chi connectivity index (χ1n) is 4.61. The number of anilines is 1. The number of hydrogen-bond donors (Lipinski definition) is 2. The average molecular weight is 264 g/mol. The van der Waals surface area contributed by atoms with E-state index in [1.807, 2.05) is 0 Å². The Morgan fingerprint density at radius 3 is 2.50 bits per heavy atom. The summed E-state index contributed by atoms with van der Waals surface area (Å²) < 4.78 is 28.1. The van der Waals surface area contributed by atoms with Crippen LogP contribution in [-0.2, 0) is 10.2 Å². The maximum atomic E-state index is 11.6. The standard InChI is InChI=1S/C9H14ClN3O2S/c1-9(2,3)13-16(14,15)12-7-4-5-11-8(10)6-7/h4-6,13H,1-3H3,(H,11,12). The van der Waals surface area contributed by atoms with Crippen molar-refractivity contribution < 1.29 is 8.42 Å². The molecule has 0 saturated heterocycles. The van der Waals surface area contributed by atoms with Crippen molar-refractivity contribution >= 4 is 27.5 Å². The van der Waals surface area contributed by atoms with Crippen LogP contribution in [-0.4, -0.2) is 18.9 Å². The molecule has 0 aliphatic carbocycles. The molecule has 1 aromatic heterocycles. The number of nitrogens with one attached hydrogen (secondary N) is 2. The Morgan fingerprint density at radius 1 is 1.38 bits per heavy atom. The molecule has 0 aromatic carbocycles. The Balaban J connectivity index is 2.81. The second-order valence-corrected chi connectivity index (χ2v) is 6.13. The van der Waals surface area contributed by atoms with Gasteiger partial charge in [-0.05, 0) is 32.9 Å². The molecule has 0 spiro atoms. The molecule has 2 N–H and O–H groups in total. The quantitative estimate of drug-likeness (QED) is 0.817. The molecule has 0 aliphatic heterocycles. The third-order valence-corrected chi connectivity index (χ3v) is 3.01. The van der Waals surface area contributed by atoms with Crippen molar-refractivity contribution in [3.8, 4) is 0 Å². The zero-order valence-electron chi connectivity index (χ0n) is 9.28. The highest BCUT2D eigenvalue weighted by Gasteiger charge is 2.19. The van der Waals surface area contributed by atoms with Crippen molar-refractivity contribution in [3.63, 3.8) is 0 Å². The molecular formula is C9H14ClN3O2S. The van der Waals surface area contributed by atoms with E-state index < -0.39 is 15.7 Å². The summed E-state index contributed by atoms with van der Waals surface area (Å²) in [6.07, 6.45) is 1.43. The van der Waals surface area contributed by atoms with Gasteiger partial charge in [0.1, 0.15) is 5.15 Å². The highest BCUT2D eigenvalue weighted by atomic mass is 35.5. The number of aromatic nitrogens is 1. The van der Waals surface area contributed by atoms with E-state index in [-0.39, 0.29) is 5.15 Å². The fourth-order valence-corrected chi connectivity index (χ4v) is 2.52. The van der Waals surface area contributed by atoms with Gasteiger partial charge in [0.05, 0.1) is 5.69 Å². The molecule has 0 aliphatic rings. The van der Waals surface area contributed by atoms with Gasteiger partial charge >= 0.3 is 0 Å². The number of pyridine rings is 1. The Hall–Kier alpha value is -0.850. The molecule has 1 aromatic rings. The number of halogens is 1. The Kier molecular flexibility index (Phi) is 3.77. The van der Waals surface area contributed by atoms with Gasteiger partial charge in [0.15, 0.2) is 0 Å². The molecule has 7 heteroatoms. The van der Waals surface area contributed by atoms with Crippen molar-refractivity contribution in [3.05, 3.63) is 23.5 Å². The van der Waals surface area contributed by atoms with E-state index >= 15 is 0 Å². The number of nitrogens with zero attached hydrogens (tertiary/aromatic N) is 1. The van der Waals surface area contributed by atoms with E-state index in [4.69, 9.17) is 11.6 Å².